The van der Waals surface area contributed by atoms with Crippen molar-refractivity contribution in [2.75, 3.05) is 13.7 Å². The molecule has 3 nitrogen and oxygen atoms in total. The Morgan fingerprint density at radius 3 is 2.88 bits per heavy atom. The van der Waals surface area contributed by atoms with Crippen molar-refractivity contribution in [3.05, 3.63) is 48.2 Å². The lowest BCUT2D eigenvalue weighted by atomic mass is 10.2. The van der Waals surface area contributed by atoms with Crippen LogP contribution >= 0.6 is 0 Å². The molecule has 3 heteroatoms. The summed E-state index contributed by atoms with van der Waals surface area (Å²) in [5, 5.41) is 0. The molecule has 0 bridgehead atoms. The van der Waals surface area contributed by atoms with Crippen LogP contribution in [0, 0.1) is 0 Å². The predicted octanol–water partition coefficient (Wildman–Crippen LogP) is 2.13. The molecule has 0 amide bonds. The van der Waals surface area contributed by atoms with Crippen LogP contribution < -0.4 is 0 Å². The van der Waals surface area contributed by atoms with Crippen molar-refractivity contribution >= 4 is 0 Å². The van der Waals surface area contributed by atoms with E-state index in [1.54, 1.807) is 13.4 Å². The second-order valence-electron chi connectivity index (χ2n) is 3.70. The van der Waals surface area contributed by atoms with Crippen LogP contribution in [0.2, 0.25) is 0 Å². The zero-order chi connectivity index (χ0) is 11.2. The van der Waals surface area contributed by atoms with Gasteiger partial charge >= 0.3 is 0 Å². The van der Waals surface area contributed by atoms with Gasteiger partial charge in [-0.1, -0.05) is 30.3 Å². The van der Waals surface area contributed by atoms with Crippen molar-refractivity contribution < 1.29 is 14.2 Å². The number of benzene rings is 1. The lowest BCUT2D eigenvalue weighted by molar-refractivity contribution is -0.0743. The summed E-state index contributed by atoms with van der Waals surface area (Å²) in [4.78, 5) is 0. The van der Waals surface area contributed by atoms with Crippen molar-refractivity contribution in [2.24, 2.45) is 0 Å². The van der Waals surface area contributed by atoms with E-state index in [9.17, 15) is 0 Å². The Bertz CT molecular complexity index is 334. The molecule has 0 spiro atoms. The van der Waals surface area contributed by atoms with Crippen molar-refractivity contribution in [2.45, 2.75) is 18.8 Å². The summed E-state index contributed by atoms with van der Waals surface area (Å²) in [5.41, 5.74) is 1.16. The van der Waals surface area contributed by atoms with Gasteiger partial charge in [-0.25, -0.2) is 0 Å². The summed E-state index contributed by atoms with van der Waals surface area (Å²) in [6.07, 6.45) is 3.51. The Hall–Kier alpha value is -1.32. The third-order valence-corrected chi connectivity index (χ3v) is 2.58. The summed E-state index contributed by atoms with van der Waals surface area (Å²) >= 11 is 0. The Balaban J connectivity index is 1.89. The molecule has 0 radical (unpaired) electrons. The van der Waals surface area contributed by atoms with E-state index < -0.39 is 0 Å². The highest BCUT2D eigenvalue weighted by molar-refractivity contribution is 5.13. The standard InChI is InChI=1S/C13H16O3/c1-14-13-10-15-8-7-12(13)16-9-11-5-3-2-4-6-11/h2-8,12-13H,9-10H2,1H3. The zero-order valence-corrected chi connectivity index (χ0v) is 9.34. The van der Waals surface area contributed by atoms with Crippen LogP contribution in [0.4, 0.5) is 0 Å². The van der Waals surface area contributed by atoms with Crippen LogP contribution in [0.25, 0.3) is 0 Å². The number of rotatable bonds is 4. The topological polar surface area (TPSA) is 27.7 Å². The van der Waals surface area contributed by atoms with Gasteiger partial charge in [0.25, 0.3) is 0 Å². The monoisotopic (exact) mass is 220 g/mol. The minimum Gasteiger partial charge on any atom is -0.499 e. The molecular formula is C13H16O3. The number of hydrogen-bond acceptors (Lipinski definition) is 3. The molecule has 0 aromatic heterocycles. The molecule has 1 aliphatic rings. The number of hydrogen-bond donors (Lipinski definition) is 0. The molecule has 16 heavy (non-hydrogen) atoms. The van der Waals surface area contributed by atoms with Gasteiger partial charge in [0.15, 0.2) is 0 Å². The van der Waals surface area contributed by atoms with E-state index in [-0.39, 0.29) is 12.2 Å². The summed E-state index contributed by atoms with van der Waals surface area (Å²) in [7, 11) is 1.67. The van der Waals surface area contributed by atoms with Crippen molar-refractivity contribution in [1.29, 1.82) is 0 Å². The van der Waals surface area contributed by atoms with Crippen LogP contribution in [-0.2, 0) is 20.8 Å². The smallest absolute Gasteiger partial charge is 0.121 e. The third-order valence-electron chi connectivity index (χ3n) is 2.58. The minimum atomic E-state index is -0.0287. The molecule has 2 atom stereocenters. The lowest BCUT2D eigenvalue weighted by Crippen LogP contribution is -2.35. The molecule has 86 valence electrons. The average molecular weight is 220 g/mol. The molecule has 2 rings (SSSR count). The van der Waals surface area contributed by atoms with E-state index in [0.29, 0.717) is 13.2 Å². The highest BCUT2D eigenvalue weighted by Crippen LogP contribution is 2.13. The Kier molecular flexibility index (Phi) is 3.97. The first-order valence-electron chi connectivity index (χ1n) is 5.37. The van der Waals surface area contributed by atoms with E-state index in [1.807, 2.05) is 36.4 Å². The quantitative estimate of drug-likeness (QED) is 0.778. The van der Waals surface area contributed by atoms with E-state index in [0.717, 1.165) is 5.56 Å². The normalized spacial score (nSPS) is 24.1. The predicted molar refractivity (Wildman–Crippen MR) is 60.9 cm³/mol. The Morgan fingerprint density at radius 2 is 2.12 bits per heavy atom. The van der Waals surface area contributed by atoms with Crippen LogP contribution in [-0.4, -0.2) is 25.9 Å². The maximum absolute atomic E-state index is 5.78. The summed E-state index contributed by atoms with van der Waals surface area (Å²) in [6.45, 7) is 1.14. The molecule has 0 N–H and O–H groups in total. The van der Waals surface area contributed by atoms with Gasteiger partial charge in [-0.2, -0.15) is 0 Å². The molecule has 0 saturated carbocycles. The fourth-order valence-corrected chi connectivity index (χ4v) is 1.63. The van der Waals surface area contributed by atoms with Crippen molar-refractivity contribution in [3.63, 3.8) is 0 Å². The fourth-order valence-electron chi connectivity index (χ4n) is 1.63. The Labute approximate surface area is 95.6 Å². The van der Waals surface area contributed by atoms with Crippen LogP contribution in [0.5, 0.6) is 0 Å². The fraction of sp³-hybridized carbons (Fsp3) is 0.385. The molecule has 1 aromatic carbocycles. The largest absolute Gasteiger partial charge is 0.499 e. The van der Waals surface area contributed by atoms with Crippen molar-refractivity contribution in [1.82, 2.24) is 0 Å². The molecule has 1 aliphatic heterocycles. The van der Waals surface area contributed by atoms with Gasteiger partial charge in [0.2, 0.25) is 0 Å². The first kappa shape index (κ1) is 11.2. The second kappa shape index (κ2) is 5.68. The molecule has 1 aromatic rings. The second-order valence-corrected chi connectivity index (χ2v) is 3.70. The lowest BCUT2D eigenvalue weighted by Gasteiger charge is -2.26. The molecule has 2 unspecified atom stereocenters. The van der Waals surface area contributed by atoms with Crippen LogP contribution in [0.15, 0.2) is 42.7 Å². The molecule has 1 heterocycles. The number of methoxy groups -OCH3 is 1. The maximum Gasteiger partial charge on any atom is 0.121 e. The SMILES string of the molecule is COC1COC=CC1OCc1ccccc1. The summed E-state index contributed by atoms with van der Waals surface area (Å²) in [5.74, 6) is 0. The van der Waals surface area contributed by atoms with Crippen molar-refractivity contribution in [3.8, 4) is 0 Å². The first-order valence-corrected chi connectivity index (χ1v) is 5.37. The van der Waals surface area contributed by atoms with E-state index in [1.165, 1.54) is 0 Å². The number of ether oxygens (including phenoxy) is 3. The van der Waals surface area contributed by atoms with Gasteiger partial charge in [0.05, 0.1) is 12.9 Å². The maximum atomic E-state index is 5.78. The van der Waals surface area contributed by atoms with Gasteiger partial charge in [-0.3, -0.25) is 0 Å². The molecule has 0 fully saturated rings. The minimum absolute atomic E-state index is 0.0197. The molecule has 0 saturated heterocycles. The van der Waals surface area contributed by atoms with Crippen LogP contribution in [0.1, 0.15) is 5.56 Å². The van der Waals surface area contributed by atoms with E-state index in [4.69, 9.17) is 14.2 Å². The Morgan fingerprint density at radius 1 is 1.31 bits per heavy atom. The van der Waals surface area contributed by atoms with Gasteiger partial charge in [0.1, 0.15) is 18.8 Å². The summed E-state index contributed by atoms with van der Waals surface area (Å²) in [6, 6.07) is 10.1. The van der Waals surface area contributed by atoms with Gasteiger partial charge in [0, 0.05) is 7.11 Å². The van der Waals surface area contributed by atoms with E-state index >= 15 is 0 Å². The van der Waals surface area contributed by atoms with Gasteiger partial charge in [-0.15, -0.1) is 0 Å². The molecule has 0 aliphatic carbocycles. The zero-order valence-electron chi connectivity index (χ0n) is 9.34. The average Bonchev–Trinajstić information content (AvgIpc) is 2.38. The van der Waals surface area contributed by atoms with Gasteiger partial charge < -0.3 is 14.2 Å². The highest BCUT2D eigenvalue weighted by atomic mass is 16.6. The van der Waals surface area contributed by atoms with Gasteiger partial charge in [-0.05, 0) is 11.6 Å². The third kappa shape index (κ3) is 2.84. The van der Waals surface area contributed by atoms with Crippen LogP contribution in [0.3, 0.4) is 0 Å². The summed E-state index contributed by atoms with van der Waals surface area (Å²) < 4.78 is 16.2. The van der Waals surface area contributed by atoms with E-state index in [2.05, 4.69) is 0 Å². The first-order chi connectivity index (χ1) is 7.90. The molecular weight excluding hydrogens is 204 g/mol. The highest BCUT2D eigenvalue weighted by Gasteiger charge is 2.22.